The summed E-state index contributed by atoms with van der Waals surface area (Å²) in [7, 11) is 0. The molecule has 1 rings (SSSR count). The largest absolute Gasteiger partial charge is 0.508 e. The first-order valence-corrected chi connectivity index (χ1v) is 5.77. The van der Waals surface area contributed by atoms with Gasteiger partial charge in [0.2, 0.25) is 0 Å². The van der Waals surface area contributed by atoms with E-state index in [0.29, 0.717) is 29.1 Å². The third-order valence-electron chi connectivity index (χ3n) is 2.34. The topological polar surface area (TPSA) is 75.4 Å². The zero-order valence-corrected chi connectivity index (χ0v) is 10.5. The Morgan fingerprint density at radius 2 is 2.24 bits per heavy atom. The Hall–Kier alpha value is -1.62. The van der Waals surface area contributed by atoms with Crippen LogP contribution in [-0.4, -0.2) is 22.5 Å². The number of thiocarbonyl (C=S) groups is 1. The SMILES string of the molecule is Cc1cc(C(=O)NCCCC(N)=S)ccc1O. The van der Waals surface area contributed by atoms with E-state index in [2.05, 4.69) is 5.32 Å². The Morgan fingerprint density at radius 1 is 1.53 bits per heavy atom. The molecule has 0 spiro atoms. The number of rotatable bonds is 5. The molecule has 1 aromatic carbocycles. The Kier molecular flexibility index (Phi) is 4.90. The summed E-state index contributed by atoms with van der Waals surface area (Å²) < 4.78 is 0. The third kappa shape index (κ3) is 4.40. The fourth-order valence-electron chi connectivity index (χ4n) is 1.36. The van der Waals surface area contributed by atoms with Crippen molar-refractivity contribution in [3.8, 4) is 5.75 Å². The Morgan fingerprint density at radius 3 is 2.82 bits per heavy atom. The highest BCUT2D eigenvalue weighted by Crippen LogP contribution is 2.16. The van der Waals surface area contributed by atoms with Crippen LogP contribution < -0.4 is 11.1 Å². The summed E-state index contributed by atoms with van der Waals surface area (Å²) in [5, 5.41) is 12.1. The minimum atomic E-state index is -0.156. The van der Waals surface area contributed by atoms with Crippen LogP contribution in [0.4, 0.5) is 0 Å². The summed E-state index contributed by atoms with van der Waals surface area (Å²) in [5.74, 6) is 0.0334. The Labute approximate surface area is 106 Å². The molecule has 5 heteroatoms. The van der Waals surface area contributed by atoms with Crippen LogP contribution >= 0.6 is 12.2 Å². The Bertz CT molecular complexity index is 433. The number of benzene rings is 1. The fourth-order valence-corrected chi connectivity index (χ4v) is 1.51. The standard InChI is InChI=1S/C12H16N2O2S/c1-8-7-9(4-5-10(8)15)12(16)14-6-2-3-11(13)17/h4-5,7,15H,2-3,6H2,1H3,(H2,13,17)(H,14,16). The number of aryl methyl sites for hydroxylation is 1. The van der Waals surface area contributed by atoms with Crippen molar-refractivity contribution in [2.75, 3.05) is 6.54 Å². The number of phenols is 1. The van der Waals surface area contributed by atoms with Crippen molar-refractivity contribution in [3.05, 3.63) is 29.3 Å². The average Bonchev–Trinajstić information content (AvgIpc) is 2.27. The molecule has 0 aromatic heterocycles. The van der Waals surface area contributed by atoms with Gasteiger partial charge in [-0.05, 0) is 43.5 Å². The molecule has 0 saturated heterocycles. The van der Waals surface area contributed by atoms with Crippen LogP contribution in [0.5, 0.6) is 5.75 Å². The molecule has 0 aliphatic heterocycles. The first-order valence-electron chi connectivity index (χ1n) is 5.37. The van der Waals surface area contributed by atoms with Gasteiger partial charge < -0.3 is 16.2 Å². The molecule has 1 amide bonds. The first-order chi connectivity index (χ1) is 8.00. The van der Waals surface area contributed by atoms with Crippen LogP contribution in [0.1, 0.15) is 28.8 Å². The molecule has 92 valence electrons. The van der Waals surface area contributed by atoms with Crippen LogP contribution in [-0.2, 0) is 0 Å². The maximum atomic E-state index is 11.7. The number of hydrogen-bond donors (Lipinski definition) is 3. The maximum Gasteiger partial charge on any atom is 0.251 e. The molecule has 4 N–H and O–H groups in total. The van der Waals surface area contributed by atoms with Gasteiger partial charge >= 0.3 is 0 Å². The van der Waals surface area contributed by atoms with Gasteiger partial charge in [-0.2, -0.15) is 0 Å². The molecule has 17 heavy (non-hydrogen) atoms. The van der Waals surface area contributed by atoms with Crippen LogP contribution in [0, 0.1) is 6.92 Å². The molecular weight excluding hydrogens is 236 g/mol. The highest BCUT2D eigenvalue weighted by molar-refractivity contribution is 7.80. The van der Waals surface area contributed by atoms with Crippen molar-refractivity contribution in [2.45, 2.75) is 19.8 Å². The van der Waals surface area contributed by atoms with Gasteiger partial charge in [0.1, 0.15) is 5.75 Å². The summed E-state index contributed by atoms with van der Waals surface area (Å²) in [6, 6.07) is 4.75. The van der Waals surface area contributed by atoms with Gasteiger partial charge in [0.25, 0.3) is 5.91 Å². The molecule has 0 heterocycles. The molecule has 0 unspecified atom stereocenters. The van der Waals surface area contributed by atoms with Gasteiger partial charge in [-0.15, -0.1) is 0 Å². The van der Waals surface area contributed by atoms with Gasteiger partial charge in [-0.3, -0.25) is 4.79 Å². The number of hydrogen-bond acceptors (Lipinski definition) is 3. The zero-order chi connectivity index (χ0) is 12.8. The molecule has 1 aromatic rings. The predicted molar refractivity (Wildman–Crippen MR) is 71.2 cm³/mol. The number of carbonyl (C=O) groups excluding carboxylic acids is 1. The lowest BCUT2D eigenvalue weighted by Gasteiger charge is -2.06. The highest BCUT2D eigenvalue weighted by Gasteiger charge is 2.06. The molecular formula is C12H16N2O2S. The number of aromatic hydroxyl groups is 1. The van der Waals surface area contributed by atoms with Gasteiger partial charge in [-0.1, -0.05) is 12.2 Å². The molecule has 0 aliphatic rings. The minimum Gasteiger partial charge on any atom is -0.508 e. The number of nitrogens with two attached hydrogens (primary N) is 1. The van der Waals surface area contributed by atoms with E-state index in [-0.39, 0.29) is 11.7 Å². The lowest BCUT2D eigenvalue weighted by Crippen LogP contribution is -2.25. The zero-order valence-electron chi connectivity index (χ0n) is 9.69. The second kappa shape index (κ2) is 6.20. The van der Waals surface area contributed by atoms with E-state index in [0.717, 1.165) is 6.42 Å². The summed E-state index contributed by atoms with van der Waals surface area (Å²) in [5.41, 5.74) is 6.57. The van der Waals surface area contributed by atoms with E-state index in [9.17, 15) is 9.90 Å². The van der Waals surface area contributed by atoms with E-state index in [1.54, 1.807) is 19.1 Å². The van der Waals surface area contributed by atoms with Crippen LogP contribution in [0.2, 0.25) is 0 Å². The Balaban J connectivity index is 2.47. The second-order valence-electron chi connectivity index (χ2n) is 3.83. The smallest absolute Gasteiger partial charge is 0.251 e. The van der Waals surface area contributed by atoms with E-state index in [1.807, 2.05) is 0 Å². The van der Waals surface area contributed by atoms with E-state index in [1.165, 1.54) is 6.07 Å². The quantitative estimate of drug-likeness (QED) is 0.548. The first kappa shape index (κ1) is 13.4. The van der Waals surface area contributed by atoms with Gasteiger partial charge in [-0.25, -0.2) is 0 Å². The lowest BCUT2D eigenvalue weighted by atomic mass is 10.1. The molecule has 0 fully saturated rings. The average molecular weight is 252 g/mol. The summed E-state index contributed by atoms with van der Waals surface area (Å²) in [4.78, 5) is 12.2. The van der Waals surface area contributed by atoms with Crippen molar-refractivity contribution in [1.29, 1.82) is 0 Å². The fraction of sp³-hybridized carbons (Fsp3) is 0.333. The van der Waals surface area contributed by atoms with Crippen molar-refractivity contribution < 1.29 is 9.90 Å². The van der Waals surface area contributed by atoms with Gasteiger partial charge in [0, 0.05) is 12.1 Å². The van der Waals surface area contributed by atoms with Crippen molar-refractivity contribution in [1.82, 2.24) is 5.32 Å². The molecule has 0 atom stereocenters. The molecule has 4 nitrogen and oxygen atoms in total. The predicted octanol–water partition coefficient (Wildman–Crippen LogP) is 1.50. The van der Waals surface area contributed by atoms with Gasteiger partial charge in [0.05, 0.1) is 4.99 Å². The summed E-state index contributed by atoms with van der Waals surface area (Å²) in [6.45, 7) is 2.29. The number of amides is 1. The lowest BCUT2D eigenvalue weighted by molar-refractivity contribution is 0.0953. The van der Waals surface area contributed by atoms with E-state index in [4.69, 9.17) is 18.0 Å². The van der Waals surface area contributed by atoms with E-state index >= 15 is 0 Å². The van der Waals surface area contributed by atoms with Gasteiger partial charge in [0.15, 0.2) is 0 Å². The van der Waals surface area contributed by atoms with Crippen LogP contribution in [0.3, 0.4) is 0 Å². The molecule has 0 radical (unpaired) electrons. The minimum absolute atomic E-state index is 0.156. The number of carbonyl (C=O) groups is 1. The molecule has 0 aliphatic carbocycles. The summed E-state index contributed by atoms with van der Waals surface area (Å²) >= 11 is 4.74. The second-order valence-corrected chi connectivity index (χ2v) is 4.35. The number of phenolic OH excluding ortho intramolecular Hbond substituents is 1. The van der Waals surface area contributed by atoms with Crippen LogP contribution in [0.15, 0.2) is 18.2 Å². The summed E-state index contributed by atoms with van der Waals surface area (Å²) in [6.07, 6.45) is 1.36. The maximum absolute atomic E-state index is 11.7. The normalized spacial score (nSPS) is 9.94. The molecule has 0 saturated carbocycles. The van der Waals surface area contributed by atoms with E-state index < -0.39 is 0 Å². The van der Waals surface area contributed by atoms with Crippen molar-refractivity contribution in [2.24, 2.45) is 5.73 Å². The molecule has 0 bridgehead atoms. The van der Waals surface area contributed by atoms with Crippen molar-refractivity contribution >= 4 is 23.1 Å². The van der Waals surface area contributed by atoms with Crippen molar-refractivity contribution in [3.63, 3.8) is 0 Å². The third-order valence-corrected chi connectivity index (χ3v) is 2.55. The number of nitrogens with one attached hydrogen (secondary N) is 1. The van der Waals surface area contributed by atoms with Crippen LogP contribution in [0.25, 0.3) is 0 Å². The monoisotopic (exact) mass is 252 g/mol. The highest BCUT2D eigenvalue weighted by atomic mass is 32.1.